The van der Waals surface area contributed by atoms with Crippen molar-refractivity contribution < 1.29 is 4.79 Å². The Morgan fingerprint density at radius 2 is 1.86 bits per heavy atom. The fourth-order valence-electron chi connectivity index (χ4n) is 1.23. The third-order valence-corrected chi connectivity index (χ3v) is 2.74. The highest BCUT2D eigenvalue weighted by Crippen LogP contribution is 2.21. The summed E-state index contributed by atoms with van der Waals surface area (Å²) in [5.74, 6) is 0.272. The Bertz CT molecular complexity index is 170. The third kappa shape index (κ3) is 6.42. The molecule has 0 saturated heterocycles. The fourth-order valence-corrected chi connectivity index (χ4v) is 1.52. The second kappa shape index (κ2) is 6.44. The van der Waals surface area contributed by atoms with Crippen LogP contribution in [-0.2, 0) is 4.79 Å². The van der Waals surface area contributed by atoms with Gasteiger partial charge in [0, 0.05) is 17.2 Å². The summed E-state index contributed by atoms with van der Waals surface area (Å²) >= 11 is 6.10. The van der Waals surface area contributed by atoms with E-state index in [0.717, 1.165) is 12.8 Å². The topological polar surface area (TPSA) is 17.1 Å². The van der Waals surface area contributed by atoms with Crippen molar-refractivity contribution in [3.8, 4) is 0 Å². The molecular formula is C12H23ClO. The third-order valence-electron chi connectivity index (χ3n) is 2.36. The molecule has 0 aliphatic carbocycles. The standard InChI is InChI=1S/C12H23ClO/c1-5-6-7-8-10(13)9-11(14)12(2,3)4/h10H,5-9H2,1-4H3. The van der Waals surface area contributed by atoms with Crippen LogP contribution in [0.5, 0.6) is 0 Å². The fraction of sp³-hybridized carbons (Fsp3) is 0.917. The average molecular weight is 219 g/mol. The summed E-state index contributed by atoms with van der Waals surface area (Å²) in [6, 6.07) is 0. The van der Waals surface area contributed by atoms with Gasteiger partial charge in [0.1, 0.15) is 5.78 Å². The van der Waals surface area contributed by atoms with E-state index in [0.29, 0.717) is 6.42 Å². The van der Waals surface area contributed by atoms with E-state index in [1.807, 2.05) is 20.8 Å². The Labute approximate surface area is 93.2 Å². The van der Waals surface area contributed by atoms with Gasteiger partial charge in [0.15, 0.2) is 0 Å². The Kier molecular flexibility index (Phi) is 6.43. The van der Waals surface area contributed by atoms with Gasteiger partial charge in [0.05, 0.1) is 0 Å². The van der Waals surface area contributed by atoms with Crippen molar-refractivity contribution in [2.75, 3.05) is 0 Å². The molecule has 0 amide bonds. The first-order valence-electron chi connectivity index (χ1n) is 5.55. The highest BCUT2D eigenvalue weighted by Gasteiger charge is 2.23. The predicted octanol–water partition coefficient (Wildman–Crippen LogP) is 4.18. The van der Waals surface area contributed by atoms with Crippen molar-refractivity contribution >= 4 is 17.4 Å². The minimum atomic E-state index is -0.238. The molecule has 0 aliphatic heterocycles. The summed E-state index contributed by atoms with van der Waals surface area (Å²) in [5.41, 5.74) is -0.238. The van der Waals surface area contributed by atoms with E-state index in [9.17, 15) is 4.79 Å². The van der Waals surface area contributed by atoms with Gasteiger partial charge >= 0.3 is 0 Å². The van der Waals surface area contributed by atoms with Crippen molar-refractivity contribution in [3.05, 3.63) is 0 Å². The van der Waals surface area contributed by atoms with E-state index in [2.05, 4.69) is 6.92 Å². The lowest BCUT2D eigenvalue weighted by Gasteiger charge is -2.18. The lowest BCUT2D eigenvalue weighted by atomic mass is 9.87. The molecule has 0 heterocycles. The van der Waals surface area contributed by atoms with E-state index < -0.39 is 0 Å². The number of carbonyl (C=O) groups is 1. The summed E-state index contributed by atoms with van der Waals surface area (Å²) < 4.78 is 0. The molecule has 0 fully saturated rings. The summed E-state index contributed by atoms with van der Waals surface area (Å²) in [4.78, 5) is 11.6. The molecular weight excluding hydrogens is 196 g/mol. The number of hydrogen-bond donors (Lipinski definition) is 0. The first-order chi connectivity index (χ1) is 6.38. The maximum absolute atomic E-state index is 11.6. The summed E-state index contributed by atoms with van der Waals surface area (Å²) in [6.45, 7) is 8.02. The average Bonchev–Trinajstić information content (AvgIpc) is 2.03. The molecule has 0 rings (SSSR count). The van der Waals surface area contributed by atoms with Crippen LogP contribution in [0.1, 0.15) is 59.8 Å². The molecule has 1 unspecified atom stereocenters. The van der Waals surface area contributed by atoms with Gasteiger partial charge in [-0.1, -0.05) is 47.0 Å². The first kappa shape index (κ1) is 14.0. The van der Waals surface area contributed by atoms with E-state index in [1.165, 1.54) is 12.8 Å². The molecule has 0 aromatic carbocycles. The molecule has 0 aromatic heterocycles. The Morgan fingerprint density at radius 1 is 1.29 bits per heavy atom. The van der Waals surface area contributed by atoms with E-state index in [4.69, 9.17) is 11.6 Å². The van der Waals surface area contributed by atoms with Gasteiger partial charge in [-0.25, -0.2) is 0 Å². The number of unbranched alkanes of at least 4 members (excludes halogenated alkanes) is 2. The maximum atomic E-state index is 11.6. The van der Waals surface area contributed by atoms with Crippen LogP contribution in [0, 0.1) is 5.41 Å². The van der Waals surface area contributed by atoms with E-state index >= 15 is 0 Å². The van der Waals surface area contributed by atoms with Crippen molar-refractivity contribution in [1.82, 2.24) is 0 Å². The molecule has 0 bridgehead atoms. The molecule has 0 aromatic rings. The number of ketones is 1. The highest BCUT2D eigenvalue weighted by atomic mass is 35.5. The highest BCUT2D eigenvalue weighted by molar-refractivity contribution is 6.21. The normalized spacial score (nSPS) is 14.1. The minimum absolute atomic E-state index is 0.0354. The van der Waals surface area contributed by atoms with Crippen LogP contribution in [0.3, 0.4) is 0 Å². The van der Waals surface area contributed by atoms with Gasteiger partial charge in [-0.3, -0.25) is 4.79 Å². The Balaban J connectivity index is 3.72. The smallest absolute Gasteiger partial charge is 0.139 e. The first-order valence-corrected chi connectivity index (χ1v) is 5.99. The molecule has 0 N–H and O–H groups in total. The summed E-state index contributed by atoms with van der Waals surface area (Å²) in [7, 11) is 0. The van der Waals surface area contributed by atoms with Gasteiger partial charge in [0.25, 0.3) is 0 Å². The largest absolute Gasteiger partial charge is 0.299 e. The SMILES string of the molecule is CCCCCC(Cl)CC(=O)C(C)(C)C. The van der Waals surface area contributed by atoms with Gasteiger partial charge < -0.3 is 0 Å². The van der Waals surface area contributed by atoms with Gasteiger partial charge in [-0.2, -0.15) is 0 Å². The second-order valence-electron chi connectivity index (χ2n) is 4.97. The quantitative estimate of drug-likeness (QED) is 0.483. The van der Waals surface area contributed by atoms with Crippen molar-refractivity contribution in [2.24, 2.45) is 5.41 Å². The van der Waals surface area contributed by atoms with E-state index in [1.54, 1.807) is 0 Å². The van der Waals surface area contributed by atoms with Crippen molar-refractivity contribution in [2.45, 2.75) is 65.2 Å². The van der Waals surface area contributed by atoms with Crippen LogP contribution < -0.4 is 0 Å². The van der Waals surface area contributed by atoms with Crippen LogP contribution in [-0.4, -0.2) is 11.2 Å². The monoisotopic (exact) mass is 218 g/mol. The number of rotatable bonds is 6. The van der Waals surface area contributed by atoms with E-state index in [-0.39, 0.29) is 16.6 Å². The molecule has 0 saturated carbocycles. The van der Waals surface area contributed by atoms with Crippen LogP contribution in [0.25, 0.3) is 0 Å². The predicted molar refractivity (Wildman–Crippen MR) is 62.9 cm³/mol. The number of halogens is 1. The van der Waals surface area contributed by atoms with Crippen LogP contribution >= 0.6 is 11.6 Å². The van der Waals surface area contributed by atoms with Crippen molar-refractivity contribution in [1.29, 1.82) is 0 Å². The molecule has 1 atom stereocenters. The zero-order valence-corrected chi connectivity index (χ0v) is 10.7. The molecule has 14 heavy (non-hydrogen) atoms. The van der Waals surface area contributed by atoms with Gasteiger partial charge in [-0.05, 0) is 6.42 Å². The lowest BCUT2D eigenvalue weighted by molar-refractivity contribution is -0.126. The zero-order chi connectivity index (χ0) is 11.2. The molecule has 0 radical (unpaired) electrons. The molecule has 1 nitrogen and oxygen atoms in total. The maximum Gasteiger partial charge on any atom is 0.139 e. The Morgan fingerprint density at radius 3 is 2.29 bits per heavy atom. The lowest BCUT2D eigenvalue weighted by Crippen LogP contribution is -2.23. The summed E-state index contributed by atoms with van der Waals surface area (Å²) in [5, 5.41) is 0.0354. The van der Waals surface area contributed by atoms with Crippen LogP contribution in [0.15, 0.2) is 0 Å². The number of carbonyl (C=O) groups excluding carboxylic acids is 1. The number of alkyl halides is 1. The van der Waals surface area contributed by atoms with Gasteiger partial charge in [-0.15, -0.1) is 11.6 Å². The molecule has 2 heteroatoms. The van der Waals surface area contributed by atoms with Gasteiger partial charge in [0.2, 0.25) is 0 Å². The van der Waals surface area contributed by atoms with Crippen LogP contribution in [0.2, 0.25) is 0 Å². The zero-order valence-electron chi connectivity index (χ0n) is 9.90. The number of Topliss-reactive ketones (excluding diaryl/α,β-unsaturated/α-hetero) is 1. The molecule has 84 valence electrons. The van der Waals surface area contributed by atoms with Crippen molar-refractivity contribution in [3.63, 3.8) is 0 Å². The number of hydrogen-bond acceptors (Lipinski definition) is 1. The molecule has 0 spiro atoms. The Hall–Kier alpha value is -0.0400. The summed E-state index contributed by atoms with van der Waals surface area (Å²) in [6.07, 6.45) is 5.05. The minimum Gasteiger partial charge on any atom is -0.299 e. The van der Waals surface area contributed by atoms with Crippen LogP contribution in [0.4, 0.5) is 0 Å². The molecule has 0 aliphatic rings. The second-order valence-corrected chi connectivity index (χ2v) is 5.59.